The Balaban J connectivity index is 1.62. The molecule has 0 saturated heterocycles. The molecule has 23 heavy (non-hydrogen) atoms. The van der Waals surface area contributed by atoms with Crippen LogP contribution in [0.15, 0.2) is 0 Å². The predicted octanol–water partition coefficient (Wildman–Crippen LogP) is 3.75. The molecule has 0 unspecified atom stereocenters. The van der Waals surface area contributed by atoms with E-state index in [4.69, 9.17) is 9.47 Å². The van der Waals surface area contributed by atoms with Gasteiger partial charge < -0.3 is 14.6 Å². The van der Waals surface area contributed by atoms with E-state index in [-0.39, 0.29) is 11.7 Å². The third-order valence-corrected chi connectivity index (χ3v) is 6.95. The molecule has 3 rings (SSSR count). The Morgan fingerprint density at radius 3 is 2.78 bits per heavy atom. The summed E-state index contributed by atoms with van der Waals surface area (Å²) < 4.78 is 10.6. The molecule has 0 bridgehead atoms. The predicted molar refractivity (Wildman–Crippen MR) is 90.7 cm³/mol. The van der Waals surface area contributed by atoms with E-state index in [1.54, 1.807) is 7.11 Å². The van der Waals surface area contributed by atoms with Crippen LogP contribution in [0.2, 0.25) is 0 Å². The molecule has 3 nitrogen and oxygen atoms in total. The fraction of sp³-hybridized carbons (Fsp3) is 0.900. The second-order valence-corrected chi connectivity index (χ2v) is 8.74. The lowest BCUT2D eigenvalue weighted by Gasteiger charge is -2.44. The molecule has 1 spiro atoms. The van der Waals surface area contributed by atoms with E-state index in [9.17, 15) is 5.11 Å². The highest BCUT2D eigenvalue weighted by Crippen LogP contribution is 2.75. The van der Waals surface area contributed by atoms with Gasteiger partial charge in [-0.2, -0.15) is 0 Å². The van der Waals surface area contributed by atoms with Crippen molar-refractivity contribution in [1.29, 1.82) is 0 Å². The fourth-order valence-corrected chi connectivity index (χ4v) is 5.38. The van der Waals surface area contributed by atoms with E-state index in [1.807, 2.05) is 0 Å². The summed E-state index contributed by atoms with van der Waals surface area (Å²) in [5.74, 6) is 7.95. The first kappa shape index (κ1) is 17.3. The van der Waals surface area contributed by atoms with Crippen LogP contribution in [0.4, 0.5) is 0 Å². The van der Waals surface area contributed by atoms with Gasteiger partial charge in [-0.25, -0.2) is 0 Å². The summed E-state index contributed by atoms with van der Waals surface area (Å²) in [6.07, 6.45) is 7.79. The Morgan fingerprint density at radius 2 is 2.04 bits per heavy atom. The van der Waals surface area contributed by atoms with Gasteiger partial charge >= 0.3 is 0 Å². The highest BCUT2D eigenvalue weighted by atomic mass is 16.7. The number of hydrogen-bond acceptors (Lipinski definition) is 3. The Kier molecular flexibility index (Phi) is 4.55. The smallest absolute Gasteiger partial charge is 0.147 e. The van der Waals surface area contributed by atoms with Gasteiger partial charge in [-0.05, 0) is 62.7 Å². The van der Waals surface area contributed by atoms with Crippen molar-refractivity contribution in [3.63, 3.8) is 0 Å². The van der Waals surface area contributed by atoms with E-state index < -0.39 is 0 Å². The summed E-state index contributed by atoms with van der Waals surface area (Å²) in [5, 5.41) is 10.4. The van der Waals surface area contributed by atoms with Gasteiger partial charge in [0.2, 0.25) is 0 Å². The summed E-state index contributed by atoms with van der Waals surface area (Å²) in [6, 6.07) is 0. The van der Waals surface area contributed by atoms with Crippen molar-refractivity contribution in [2.45, 2.75) is 77.4 Å². The van der Waals surface area contributed by atoms with Crippen LogP contribution in [0.3, 0.4) is 0 Å². The molecule has 0 amide bonds. The van der Waals surface area contributed by atoms with Gasteiger partial charge in [0.15, 0.2) is 0 Å². The van der Waals surface area contributed by atoms with Gasteiger partial charge in [0.05, 0.1) is 11.7 Å². The van der Waals surface area contributed by atoms with Gasteiger partial charge in [-0.3, -0.25) is 0 Å². The Bertz CT molecular complexity index is 503. The average molecular weight is 320 g/mol. The lowest BCUT2D eigenvalue weighted by Crippen LogP contribution is -2.41. The Labute approximate surface area is 141 Å². The van der Waals surface area contributed by atoms with Gasteiger partial charge in [0, 0.05) is 19.4 Å². The maximum absolute atomic E-state index is 10.4. The molecule has 0 radical (unpaired) electrons. The Morgan fingerprint density at radius 1 is 1.26 bits per heavy atom. The van der Waals surface area contributed by atoms with Gasteiger partial charge in [-0.15, -0.1) is 5.92 Å². The molecule has 0 aromatic rings. The number of rotatable bonds is 4. The molecule has 3 saturated carbocycles. The zero-order valence-electron chi connectivity index (χ0n) is 15.2. The van der Waals surface area contributed by atoms with E-state index in [0.29, 0.717) is 29.5 Å². The van der Waals surface area contributed by atoms with Crippen molar-refractivity contribution in [3.8, 4) is 11.8 Å². The molecule has 3 aliphatic carbocycles. The second kappa shape index (κ2) is 6.06. The molecule has 3 heteroatoms. The van der Waals surface area contributed by atoms with Crippen molar-refractivity contribution in [1.82, 2.24) is 0 Å². The van der Waals surface area contributed by atoms with Crippen LogP contribution in [0.25, 0.3) is 0 Å². The van der Waals surface area contributed by atoms with Crippen molar-refractivity contribution in [3.05, 3.63) is 0 Å². The minimum Gasteiger partial charge on any atom is -0.393 e. The molecule has 5 atom stereocenters. The molecule has 1 N–H and O–H groups in total. The zero-order valence-corrected chi connectivity index (χ0v) is 15.2. The zero-order chi connectivity index (χ0) is 16.7. The summed E-state index contributed by atoms with van der Waals surface area (Å²) in [5.41, 5.74) is 0.448. The molecule has 3 fully saturated rings. The van der Waals surface area contributed by atoms with Crippen LogP contribution in [0, 0.1) is 34.5 Å². The van der Waals surface area contributed by atoms with Crippen molar-refractivity contribution < 1.29 is 14.6 Å². The van der Waals surface area contributed by atoms with Crippen molar-refractivity contribution in [2.75, 3.05) is 13.9 Å². The quantitative estimate of drug-likeness (QED) is 0.633. The largest absolute Gasteiger partial charge is 0.393 e. The number of ether oxygens (including phenoxy) is 2. The highest BCUT2D eigenvalue weighted by molar-refractivity contribution is 5.28. The maximum Gasteiger partial charge on any atom is 0.147 e. The highest BCUT2D eigenvalue weighted by Gasteiger charge is 2.70. The number of methoxy groups -OCH3 is 1. The second-order valence-electron chi connectivity index (χ2n) is 8.74. The standard InChI is InChI=1S/C20H32O3/c1-18(2,23-14-22-4)10-5-7-15-13-20(15)12-9-16-17(21)8-6-11-19(16,20)3/h15-17,21H,6,8-14H2,1-4H3/t15-,16+,17+,19+,20+/m1/s1. The first-order valence-corrected chi connectivity index (χ1v) is 9.14. The van der Waals surface area contributed by atoms with Crippen LogP contribution in [-0.4, -0.2) is 30.7 Å². The third-order valence-electron chi connectivity index (χ3n) is 6.95. The lowest BCUT2D eigenvalue weighted by atomic mass is 9.62. The molecule has 3 aliphatic rings. The van der Waals surface area contributed by atoms with Crippen LogP contribution >= 0.6 is 0 Å². The molecule has 0 aromatic carbocycles. The first-order valence-electron chi connectivity index (χ1n) is 9.14. The number of hydrogen-bond donors (Lipinski definition) is 1. The van der Waals surface area contributed by atoms with E-state index in [2.05, 4.69) is 32.6 Å². The average Bonchev–Trinajstić information content (AvgIpc) is 3.11. The van der Waals surface area contributed by atoms with E-state index in [0.717, 1.165) is 12.8 Å². The number of aliphatic hydroxyl groups is 1. The SMILES string of the molecule is COCOC(C)(C)CC#C[C@@H]1C[C@@]12CC[C@H]1[C@@H](O)CCC[C@@]12C. The van der Waals surface area contributed by atoms with Crippen LogP contribution < -0.4 is 0 Å². The molecule has 0 heterocycles. The fourth-order valence-electron chi connectivity index (χ4n) is 5.38. The molecular weight excluding hydrogens is 288 g/mol. The maximum atomic E-state index is 10.4. The number of fused-ring (bicyclic) bond motifs is 2. The summed E-state index contributed by atoms with van der Waals surface area (Å²) in [7, 11) is 1.64. The lowest BCUT2D eigenvalue weighted by molar-refractivity contribution is -0.111. The molecule has 0 aliphatic heterocycles. The third kappa shape index (κ3) is 2.95. The summed E-state index contributed by atoms with van der Waals surface area (Å²) >= 11 is 0. The van der Waals surface area contributed by atoms with Gasteiger partial charge in [0.25, 0.3) is 0 Å². The van der Waals surface area contributed by atoms with E-state index >= 15 is 0 Å². The topological polar surface area (TPSA) is 38.7 Å². The molecule has 130 valence electrons. The normalized spacial score (nSPS) is 42.2. The number of aliphatic hydroxyl groups excluding tert-OH is 1. The van der Waals surface area contributed by atoms with Crippen LogP contribution in [0.1, 0.15) is 65.7 Å². The van der Waals surface area contributed by atoms with Gasteiger partial charge in [0.1, 0.15) is 6.79 Å². The monoisotopic (exact) mass is 320 g/mol. The molecule has 0 aromatic heterocycles. The first-order chi connectivity index (χ1) is 10.8. The van der Waals surface area contributed by atoms with E-state index in [1.165, 1.54) is 32.1 Å². The minimum atomic E-state index is -0.256. The summed E-state index contributed by atoms with van der Waals surface area (Å²) in [6.45, 7) is 6.88. The summed E-state index contributed by atoms with van der Waals surface area (Å²) in [4.78, 5) is 0. The van der Waals surface area contributed by atoms with Crippen molar-refractivity contribution in [2.24, 2.45) is 22.7 Å². The van der Waals surface area contributed by atoms with Gasteiger partial charge in [-0.1, -0.05) is 19.3 Å². The Hall–Kier alpha value is -0.560. The van der Waals surface area contributed by atoms with Crippen molar-refractivity contribution >= 4 is 0 Å². The van der Waals surface area contributed by atoms with Crippen LogP contribution in [-0.2, 0) is 9.47 Å². The minimum absolute atomic E-state index is 0.0799. The molecular formula is C20H32O3. The van der Waals surface area contributed by atoms with Crippen LogP contribution in [0.5, 0.6) is 0 Å².